The van der Waals surface area contributed by atoms with Crippen LogP contribution < -0.4 is 0 Å². The Bertz CT molecular complexity index is 608. The van der Waals surface area contributed by atoms with Crippen molar-refractivity contribution in [3.8, 4) is 0 Å². The van der Waals surface area contributed by atoms with Gasteiger partial charge in [0.1, 0.15) is 0 Å². The highest BCUT2D eigenvalue weighted by Gasteiger charge is 2.31. The molecule has 1 aromatic heterocycles. The second-order valence-corrected chi connectivity index (χ2v) is 4.45. The van der Waals surface area contributed by atoms with Crippen LogP contribution in [-0.2, 0) is 6.18 Å². The summed E-state index contributed by atoms with van der Waals surface area (Å²) in [6.07, 6.45) is -1.35. The quantitative estimate of drug-likeness (QED) is 0.792. The molecule has 2 aromatic rings. The number of carbonyl (C=O) groups excluding carboxylic acids is 1. The first-order valence-corrected chi connectivity index (χ1v) is 6.01. The van der Waals surface area contributed by atoms with Gasteiger partial charge in [-0.3, -0.25) is 9.78 Å². The molecule has 2 rings (SSSR count). The van der Waals surface area contributed by atoms with E-state index >= 15 is 0 Å². The summed E-state index contributed by atoms with van der Waals surface area (Å²) >= 11 is 0. The van der Waals surface area contributed by atoms with Gasteiger partial charge < -0.3 is 0 Å². The number of Topliss-reactive ketones (excluding diaryl/α,β-unsaturated/α-hetero) is 1. The van der Waals surface area contributed by atoms with Gasteiger partial charge >= 0.3 is 6.18 Å². The van der Waals surface area contributed by atoms with Crippen LogP contribution in [0.3, 0.4) is 0 Å². The molecule has 0 N–H and O–H groups in total. The van der Waals surface area contributed by atoms with Crippen LogP contribution in [0, 0.1) is 0 Å². The van der Waals surface area contributed by atoms with Crippen molar-refractivity contribution in [2.24, 2.45) is 0 Å². The zero-order valence-electron chi connectivity index (χ0n) is 10.7. The molecule has 1 atom stereocenters. The summed E-state index contributed by atoms with van der Waals surface area (Å²) in [4.78, 5) is 16.1. The van der Waals surface area contributed by atoms with Gasteiger partial charge in [-0.15, -0.1) is 0 Å². The maximum absolute atomic E-state index is 12.6. The SMILES string of the molecule is CC(C(=O)c1cccc(C(F)(F)F)c1)c1ccncc1. The number of halogens is 3. The van der Waals surface area contributed by atoms with Crippen molar-refractivity contribution in [1.29, 1.82) is 0 Å². The standard InChI is InChI=1S/C15H12F3NO/c1-10(11-5-7-19-8-6-11)14(20)12-3-2-4-13(9-12)15(16,17)18/h2-10H,1H3. The van der Waals surface area contributed by atoms with Gasteiger partial charge in [0.15, 0.2) is 5.78 Å². The van der Waals surface area contributed by atoms with E-state index in [1.54, 1.807) is 31.5 Å². The van der Waals surface area contributed by atoms with E-state index in [9.17, 15) is 18.0 Å². The molecule has 0 spiro atoms. The van der Waals surface area contributed by atoms with Gasteiger partial charge in [0.25, 0.3) is 0 Å². The molecule has 0 aliphatic carbocycles. The molecule has 0 radical (unpaired) electrons. The minimum atomic E-state index is -4.45. The average molecular weight is 279 g/mol. The molecule has 5 heteroatoms. The van der Waals surface area contributed by atoms with E-state index < -0.39 is 17.7 Å². The van der Waals surface area contributed by atoms with Gasteiger partial charge in [0.2, 0.25) is 0 Å². The number of hydrogen-bond donors (Lipinski definition) is 0. The second kappa shape index (κ2) is 5.45. The monoisotopic (exact) mass is 279 g/mol. The van der Waals surface area contributed by atoms with Crippen molar-refractivity contribution < 1.29 is 18.0 Å². The Morgan fingerprint density at radius 2 is 1.80 bits per heavy atom. The summed E-state index contributed by atoms with van der Waals surface area (Å²) in [6.45, 7) is 1.66. The Morgan fingerprint density at radius 1 is 1.15 bits per heavy atom. The normalized spacial score (nSPS) is 13.0. The molecule has 104 valence electrons. The number of nitrogens with zero attached hydrogens (tertiary/aromatic N) is 1. The molecular weight excluding hydrogens is 267 g/mol. The zero-order valence-corrected chi connectivity index (χ0v) is 10.7. The maximum Gasteiger partial charge on any atom is 0.416 e. The van der Waals surface area contributed by atoms with Gasteiger partial charge in [-0.05, 0) is 29.8 Å². The second-order valence-electron chi connectivity index (χ2n) is 4.45. The van der Waals surface area contributed by atoms with E-state index in [1.165, 1.54) is 12.1 Å². The number of alkyl halides is 3. The van der Waals surface area contributed by atoms with Crippen LogP contribution in [0.1, 0.15) is 34.3 Å². The van der Waals surface area contributed by atoms with Crippen molar-refractivity contribution in [1.82, 2.24) is 4.98 Å². The molecule has 0 bridgehead atoms. The van der Waals surface area contributed by atoms with Crippen LogP contribution >= 0.6 is 0 Å². The Balaban J connectivity index is 2.30. The largest absolute Gasteiger partial charge is 0.416 e. The third-order valence-electron chi connectivity index (χ3n) is 3.07. The Hall–Kier alpha value is -2.17. The molecule has 1 unspecified atom stereocenters. The van der Waals surface area contributed by atoms with Gasteiger partial charge in [0.05, 0.1) is 5.56 Å². The van der Waals surface area contributed by atoms with E-state index in [0.717, 1.165) is 17.7 Å². The van der Waals surface area contributed by atoms with E-state index in [-0.39, 0.29) is 11.3 Å². The number of hydrogen-bond acceptors (Lipinski definition) is 2. The minimum absolute atomic E-state index is 0.0594. The first kappa shape index (κ1) is 14.2. The molecule has 1 aromatic carbocycles. The molecule has 2 nitrogen and oxygen atoms in total. The van der Waals surface area contributed by atoms with Crippen LogP contribution in [0.15, 0.2) is 48.8 Å². The highest BCUT2D eigenvalue weighted by Crippen LogP contribution is 2.30. The summed E-state index contributed by atoms with van der Waals surface area (Å²) in [5.41, 5.74) is -0.0307. The molecule has 0 saturated carbocycles. The van der Waals surface area contributed by atoms with Gasteiger partial charge in [-0.2, -0.15) is 13.2 Å². The fourth-order valence-corrected chi connectivity index (χ4v) is 1.90. The van der Waals surface area contributed by atoms with E-state index in [4.69, 9.17) is 0 Å². The lowest BCUT2D eigenvalue weighted by atomic mass is 9.92. The number of carbonyl (C=O) groups is 1. The Labute approximate surface area is 114 Å². The van der Waals surface area contributed by atoms with Crippen LogP contribution in [0.2, 0.25) is 0 Å². The van der Waals surface area contributed by atoms with Crippen molar-refractivity contribution in [3.63, 3.8) is 0 Å². The van der Waals surface area contributed by atoms with Crippen LogP contribution in [0.25, 0.3) is 0 Å². The first-order chi connectivity index (χ1) is 9.39. The molecule has 0 amide bonds. The molecule has 0 fully saturated rings. The highest BCUT2D eigenvalue weighted by atomic mass is 19.4. The molecule has 0 aliphatic rings. The van der Waals surface area contributed by atoms with Crippen molar-refractivity contribution in [2.45, 2.75) is 19.0 Å². The molecule has 0 saturated heterocycles. The predicted molar refractivity (Wildman–Crippen MR) is 68.4 cm³/mol. The first-order valence-electron chi connectivity index (χ1n) is 6.01. The number of ketones is 1. The summed E-state index contributed by atoms with van der Waals surface area (Å²) in [7, 11) is 0. The topological polar surface area (TPSA) is 30.0 Å². The molecule has 20 heavy (non-hydrogen) atoms. The van der Waals surface area contributed by atoms with Crippen molar-refractivity contribution in [3.05, 3.63) is 65.5 Å². The smallest absolute Gasteiger partial charge is 0.294 e. The average Bonchev–Trinajstić information content (AvgIpc) is 2.46. The lowest BCUT2D eigenvalue weighted by Gasteiger charge is -2.12. The molecule has 0 aliphatic heterocycles. The van der Waals surface area contributed by atoms with Crippen molar-refractivity contribution >= 4 is 5.78 Å². The third kappa shape index (κ3) is 3.04. The summed E-state index contributed by atoms with van der Waals surface area (Å²) in [6, 6.07) is 7.84. The van der Waals surface area contributed by atoms with E-state index in [0.29, 0.717) is 0 Å². The van der Waals surface area contributed by atoms with Crippen LogP contribution in [-0.4, -0.2) is 10.8 Å². The molecule has 1 heterocycles. The highest BCUT2D eigenvalue weighted by molar-refractivity contribution is 6.00. The number of benzene rings is 1. The van der Waals surface area contributed by atoms with Gasteiger partial charge in [0, 0.05) is 23.9 Å². The lowest BCUT2D eigenvalue weighted by molar-refractivity contribution is -0.137. The zero-order chi connectivity index (χ0) is 14.8. The maximum atomic E-state index is 12.6. The van der Waals surface area contributed by atoms with Gasteiger partial charge in [-0.1, -0.05) is 19.1 Å². The fraction of sp³-hybridized carbons (Fsp3) is 0.200. The summed E-state index contributed by atoms with van der Waals surface area (Å²) in [5, 5.41) is 0. The molecular formula is C15H12F3NO. The Kier molecular flexibility index (Phi) is 3.88. The lowest BCUT2D eigenvalue weighted by Crippen LogP contribution is -2.12. The number of aromatic nitrogens is 1. The minimum Gasteiger partial charge on any atom is -0.294 e. The predicted octanol–water partition coefficient (Wildman–Crippen LogP) is 4.09. The van der Waals surface area contributed by atoms with E-state index in [1.807, 2.05) is 0 Å². The van der Waals surface area contributed by atoms with Gasteiger partial charge in [-0.25, -0.2) is 0 Å². The number of pyridine rings is 1. The summed E-state index contributed by atoms with van der Waals surface area (Å²) in [5.74, 6) is -0.858. The fourth-order valence-electron chi connectivity index (χ4n) is 1.90. The van der Waals surface area contributed by atoms with Crippen LogP contribution in [0.5, 0.6) is 0 Å². The van der Waals surface area contributed by atoms with E-state index in [2.05, 4.69) is 4.98 Å². The Morgan fingerprint density at radius 3 is 2.40 bits per heavy atom. The van der Waals surface area contributed by atoms with Crippen LogP contribution in [0.4, 0.5) is 13.2 Å². The van der Waals surface area contributed by atoms with Crippen molar-refractivity contribution in [2.75, 3.05) is 0 Å². The number of rotatable bonds is 3. The third-order valence-corrected chi connectivity index (χ3v) is 3.07. The summed E-state index contributed by atoms with van der Waals surface area (Å²) < 4.78 is 37.9.